The molecule has 1 saturated heterocycles. The van der Waals surface area contributed by atoms with Crippen LogP contribution in [0.15, 0.2) is 29.3 Å². The number of para-hydroxylation sites is 1. The zero-order valence-electron chi connectivity index (χ0n) is 17.2. The predicted molar refractivity (Wildman–Crippen MR) is 110 cm³/mol. The third kappa shape index (κ3) is 5.88. The number of nitrogens with zero attached hydrogens (tertiary/aromatic N) is 2. The van der Waals surface area contributed by atoms with Crippen LogP contribution in [0.1, 0.15) is 45.1 Å². The van der Waals surface area contributed by atoms with Crippen molar-refractivity contribution in [3.05, 3.63) is 29.8 Å². The Bertz CT molecular complexity index is 665. The molecule has 0 bridgehead atoms. The number of guanidine groups is 1. The summed E-state index contributed by atoms with van der Waals surface area (Å²) in [5.41, 5.74) is 1.11. The Morgan fingerprint density at radius 3 is 2.61 bits per heavy atom. The quantitative estimate of drug-likeness (QED) is 0.422. The van der Waals surface area contributed by atoms with E-state index in [0.717, 1.165) is 62.3 Å². The number of nitrogens with one attached hydrogen (secondary N) is 1. The van der Waals surface area contributed by atoms with E-state index < -0.39 is 0 Å². The van der Waals surface area contributed by atoms with Crippen LogP contribution in [-0.2, 0) is 16.1 Å². The first-order chi connectivity index (χ1) is 13.7. The van der Waals surface area contributed by atoms with Crippen molar-refractivity contribution < 1.29 is 14.3 Å². The van der Waals surface area contributed by atoms with Crippen LogP contribution in [-0.4, -0.2) is 49.7 Å². The van der Waals surface area contributed by atoms with E-state index in [1.807, 2.05) is 25.1 Å². The summed E-state index contributed by atoms with van der Waals surface area (Å²) in [6, 6.07) is 8.17. The van der Waals surface area contributed by atoms with Gasteiger partial charge in [-0.05, 0) is 51.5 Å². The molecule has 6 heteroatoms. The molecule has 1 saturated carbocycles. The number of benzene rings is 1. The highest BCUT2D eigenvalue weighted by atomic mass is 16.5. The first-order valence-electron chi connectivity index (χ1n) is 10.6. The molecule has 2 aliphatic rings. The number of hydrogen-bond donors (Lipinski definition) is 1. The average molecular weight is 388 g/mol. The molecule has 6 nitrogen and oxygen atoms in total. The minimum absolute atomic E-state index is 0.00984. The van der Waals surface area contributed by atoms with Crippen LogP contribution >= 0.6 is 0 Å². The van der Waals surface area contributed by atoms with Gasteiger partial charge in [0.1, 0.15) is 5.75 Å². The number of carbonyl (C=O) groups is 1. The SMILES string of the molecule is CCNC(=NCc1ccccc1OCC1CC1)N1CCC(C(=O)OCC)CC1. The molecular formula is C22H33N3O3. The van der Waals surface area contributed by atoms with Crippen molar-refractivity contribution >= 4 is 11.9 Å². The molecular weight excluding hydrogens is 354 g/mol. The molecule has 28 heavy (non-hydrogen) atoms. The third-order valence-electron chi connectivity index (χ3n) is 5.29. The summed E-state index contributed by atoms with van der Waals surface area (Å²) in [5.74, 6) is 2.52. The highest BCUT2D eigenvalue weighted by molar-refractivity contribution is 5.80. The number of ether oxygens (including phenoxy) is 2. The fourth-order valence-corrected chi connectivity index (χ4v) is 3.44. The van der Waals surface area contributed by atoms with E-state index in [0.29, 0.717) is 13.2 Å². The van der Waals surface area contributed by atoms with Crippen LogP contribution in [0, 0.1) is 11.8 Å². The summed E-state index contributed by atoms with van der Waals surface area (Å²) >= 11 is 0. The molecule has 0 spiro atoms. The van der Waals surface area contributed by atoms with Crippen LogP contribution in [0.5, 0.6) is 5.75 Å². The Morgan fingerprint density at radius 1 is 1.18 bits per heavy atom. The van der Waals surface area contributed by atoms with Crippen LogP contribution in [0.25, 0.3) is 0 Å². The molecule has 1 N–H and O–H groups in total. The Hall–Kier alpha value is -2.24. The topological polar surface area (TPSA) is 63.2 Å². The second-order valence-corrected chi connectivity index (χ2v) is 7.55. The highest BCUT2D eigenvalue weighted by Gasteiger charge is 2.27. The molecule has 1 aliphatic heterocycles. The normalized spacial score (nSPS) is 18.1. The standard InChI is InChI=1S/C22H33N3O3/c1-3-23-22(25-13-11-18(12-14-25)21(26)27-4-2)24-15-19-7-5-6-8-20(19)28-16-17-9-10-17/h5-8,17-18H,3-4,9-16H2,1-2H3,(H,23,24). The molecule has 1 aromatic rings. The van der Waals surface area contributed by atoms with Gasteiger partial charge in [-0.2, -0.15) is 0 Å². The third-order valence-corrected chi connectivity index (χ3v) is 5.29. The van der Waals surface area contributed by atoms with Crippen molar-refractivity contribution in [3.63, 3.8) is 0 Å². The number of carbonyl (C=O) groups excluding carboxylic acids is 1. The van der Waals surface area contributed by atoms with Crippen LogP contribution in [0.2, 0.25) is 0 Å². The molecule has 0 amide bonds. The van der Waals surface area contributed by atoms with Crippen molar-refractivity contribution in [1.82, 2.24) is 10.2 Å². The fraction of sp³-hybridized carbons (Fsp3) is 0.636. The summed E-state index contributed by atoms with van der Waals surface area (Å²) in [6.45, 7) is 8.22. The van der Waals surface area contributed by atoms with Crippen molar-refractivity contribution in [2.24, 2.45) is 16.8 Å². The minimum Gasteiger partial charge on any atom is -0.493 e. The van der Waals surface area contributed by atoms with Crippen molar-refractivity contribution in [2.45, 2.75) is 46.1 Å². The molecule has 0 radical (unpaired) electrons. The van der Waals surface area contributed by atoms with Gasteiger partial charge in [-0.15, -0.1) is 0 Å². The van der Waals surface area contributed by atoms with E-state index in [1.165, 1.54) is 12.8 Å². The maximum absolute atomic E-state index is 12.0. The lowest BCUT2D eigenvalue weighted by Gasteiger charge is -2.33. The van der Waals surface area contributed by atoms with Gasteiger partial charge in [0.05, 0.1) is 25.7 Å². The summed E-state index contributed by atoms with van der Waals surface area (Å²) in [5, 5.41) is 3.39. The lowest BCUT2D eigenvalue weighted by Crippen LogP contribution is -2.46. The van der Waals surface area contributed by atoms with E-state index in [-0.39, 0.29) is 11.9 Å². The highest BCUT2D eigenvalue weighted by Crippen LogP contribution is 2.30. The molecule has 3 rings (SSSR count). The molecule has 154 valence electrons. The van der Waals surface area contributed by atoms with E-state index in [9.17, 15) is 4.79 Å². The second-order valence-electron chi connectivity index (χ2n) is 7.55. The van der Waals surface area contributed by atoms with E-state index in [4.69, 9.17) is 14.5 Å². The summed E-state index contributed by atoms with van der Waals surface area (Å²) in [4.78, 5) is 19.1. The van der Waals surface area contributed by atoms with Gasteiger partial charge < -0.3 is 19.7 Å². The van der Waals surface area contributed by atoms with Gasteiger partial charge in [0.2, 0.25) is 0 Å². The molecule has 1 aromatic carbocycles. The van der Waals surface area contributed by atoms with Gasteiger partial charge >= 0.3 is 5.97 Å². The Labute approximate surface area is 168 Å². The lowest BCUT2D eigenvalue weighted by molar-refractivity contribution is -0.149. The van der Waals surface area contributed by atoms with Crippen LogP contribution in [0.3, 0.4) is 0 Å². The average Bonchev–Trinajstić information content (AvgIpc) is 3.55. The maximum atomic E-state index is 12.0. The van der Waals surface area contributed by atoms with Gasteiger partial charge in [-0.1, -0.05) is 18.2 Å². The Balaban J connectivity index is 1.59. The van der Waals surface area contributed by atoms with Gasteiger partial charge in [0, 0.05) is 25.2 Å². The van der Waals surface area contributed by atoms with Gasteiger partial charge in [-0.3, -0.25) is 4.79 Å². The minimum atomic E-state index is -0.0640. The zero-order chi connectivity index (χ0) is 19.8. The summed E-state index contributed by atoms with van der Waals surface area (Å²) < 4.78 is 11.2. The van der Waals surface area contributed by atoms with E-state index in [2.05, 4.69) is 23.2 Å². The Morgan fingerprint density at radius 2 is 1.93 bits per heavy atom. The first kappa shape index (κ1) is 20.5. The number of aliphatic imine (C=N–C) groups is 1. The maximum Gasteiger partial charge on any atom is 0.309 e. The van der Waals surface area contributed by atoms with Gasteiger partial charge in [-0.25, -0.2) is 4.99 Å². The molecule has 0 atom stereocenters. The molecule has 1 heterocycles. The number of esters is 1. The number of likely N-dealkylation sites (tertiary alicyclic amines) is 1. The van der Waals surface area contributed by atoms with Crippen LogP contribution in [0.4, 0.5) is 0 Å². The predicted octanol–water partition coefficient (Wildman–Crippen LogP) is 3.22. The first-order valence-corrected chi connectivity index (χ1v) is 10.6. The largest absolute Gasteiger partial charge is 0.493 e. The van der Waals surface area contributed by atoms with E-state index >= 15 is 0 Å². The number of rotatable bonds is 8. The molecule has 0 aromatic heterocycles. The summed E-state index contributed by atoms with van der Waals surface area (Å²) in [6.07, 6.45) is 4.19. The number of hydrogen-bond acceptors (Lipinski definition) is 4. The fourth-order valence-electron chi connectivity index (χ4n) is 3.44. The van der Waals surface area contributed by atoms with Crippen molar-refractivity contribution in [2.75, 3.05) is 32.8 Å². The number of piperidine rings is 1. The molecule has 1 aliphatic carbocycles. The van der Waals surface area contributed by atoms with E-state index in [1.54, 1.807) is 0 Å². The van der Waals surface area contributed by atoms with Crippen LogP contribution < -0.4 is 10.1 Å². The molecule has 0 unspecified atom stereocenters. The monoisotopic (exact) mass is 387 g/mol. The lowest BCUT2D eigenvalue weighted by atomic mass is 9.97. The summed E-state index contributed by atoms with van der Waals surface area (Å²) in [7, 11) is 0. The van der Waals surface area contributed by atoms with Crippen molar-refractivity contribution in [3.8, 4) is 5.75 Å². The van der Waals surface area contributed by atoms with Crippen molar-refractivity contribution in [1.29, 1.82) is 0 Å². The molecule has 2 fully saturated rings. The Kier molecular flexibility index (Phi) is 7.57. The second kappa shape index (κ2) is 10.3. The van der Waals surface area contributed by atoms with Gasteiger partial charge in [0.15, 0.2) is 5.96 Å². The van der Waals surface area contributed by atoms with Gasteiger partial charge in [0.25, 0.3) is 0 Å². The smallest absolute Gasteiger partial charge is 0.309 e. The zero-order valence-corrected chi connectivity index (χ0v) is 17.2.